The quantitative estimate of drug-likeness (QED) is 0.155. The van der Waals surface area contributed by atoms with Crippen LogP contribution in [0.15, 0.2) is 73.1 Å². The highest BCUT2D eigenvalue weighted by atomic mass is 35.5. The SMILES string of the molecule is CN(C)C/C=C/C=O.CNc1ccc(C(=O)NC2CCCCC2)cc1.Nc1ncc(Cl)c(-c2c[nH]c3ccccc23)n1. The van der Waals surface area contributed by atoms with E-state index in [1.807, 2.05) is 86.8 Å². The molecule has 1 saturated carbocycles. The maximum Gasteiger partial charge on any atom is 0.251 e. The number of nitrogens with two attached hydrogens (primary N) is 1. The summed E-state index contributed by atoms with van der Waals surface area (Å²) in [7, 11) is 5.78. The molecule has 4 aromatic rings. The van der Waals surface area contributed by atoms with Crippen molar-refractivity contribution in [3.63, 3.8) is 0 Å². The summed E-state index contributed by atoms with van der Waals surface area (Å²) in [5.74, 6) is 0.272. The summed E-state index contributed by atoms with van der Waals surface area (Å²) < 4.78 is 0. The lowest BCUT2D eigenvalue weighted by atomic mass is 9.95. The van der Waals surface area contributed by atoms with Gasteiger partial charge in [0.2, 0.25) is 5.95 Å². The second-order valence-electron chi connectivity index (χ2n) is 10.1. The van der Waals surface area contributed by atoms with Crippen molar-refractivity contribution in [2.75, 3.05) is 38.7 Å². The number of aromatic nitrogens is 3. The first-order valence-electron chi connectivity index (χ1n) is 14.0. The van der Waals surface area contributed by atoms with Gasteiger partial charge in [0, 0.05) is 53.5 Å². The molecule has 1 aliphatic carbocycles. The van der Waals surface area contributed by atoms with Gasteiger partial charge in [0.25, 0.3) is 5.91 Å². The molecule has 0 aliphatic heterocycles. The van der Waals surface area contributed by atoms with Crippen LogP contribution in [0.1, 0.15) is 42.5 Å². The van der Waals surface area contributed by atoms with Gasteiger partial charge in [-0.25, -0.2) is 9.97 Å². The largest absolute Gasteiger partial charge is 0.388 e. The second kappa shape index (κ2) is 16.9. The molecule has 2 heterocycles. The van der Waals surface area contributed by atoms with Crippen LogP contribution in [0, 0.1) is 0 Å². The monoisotopic (exact) mass is 589 g/mol. The Morgan fingerprint density at radius 1 is 1.12 bits per heavy atom. The van der Waals surface area contributed by atoms with Crippen molar-refractivity contribution in [2.45, 2.75) is 38.1 Å². The number of hydrogen-bond donors (Lipinski definition) is 4. The molecule has 42 heavy (non-hydrogen) atoms. The Hall–Kier alpha value is -4.21. The summed E-state index contributed by atoms with van der Waals surface area (Å²) in [5, 5.41) is 7.71. The number of nitrogen functional groups attached to an aromatic ring is 1. The first-order valence-corrected chi connectivity index (χ1v) is 14.4. The summed E-state index contributed by atoms with van der Waals surface area (Å²) in [4.78, 5) is 34.9. The van der Waals surface area contributed by atoms with E-state index in [1.54, 1.807) is 0 Å². The molecule has 2 aromatic carbocycles. The number of aldehydes is 1. The predicted molar refractivity (Wildman–Crippen MR) is 173 cm³/mol. The summed E-state index contributed by atoms with van der Waals surface area (Å²) in [6.07, 6.45) is 13.5. The van der Waals surface area contributed by atoms with Crippen LogP contribution in [-0.4, -0.2) is 65.8 Å². The average molecular weight is 590 g/mol. The maximum atomic E-state index is 12.0. The minimum absolute atomic E-state index is 0.0551. The molecule has 0 unspecified atom stereocenters. The average Bonchev–Trinajstić information content (AvgIpc) is 3.44. The van der Waals surface area contributed by atoms with E-state index in [1.165, 1.54) is 31.5 Å². The molecule has 10 heteroatoms. The zero-order valence-electron chi connectivity index (χ0n) is 24.4. The van der Waals surface area contributed by atoms with E-state index in [4.69, 9.17) is 17.3 Å². The lowest BCUT2D eigenvalue weighted by molar-refractivity contribution is -0.104. The van der Waals surface area contributed by atoms with Gasteiger partial charge in [0.15, 0.2) is 0 Å². The van der Waals surface area contributed by atoms with Crippen molar-refractivity contribution >= 4 is 46.3 Å². The van der Waals surface area contributed by atoms with Crippen LogP contribution < -0.4 is 16.4 Å². The van der Waals surface area contributed by atoms with Crippen LogP contribution in [0.4, 0.5) is 11.6 Å². The smallest absolute Gasteiger partial charge is 0.251 e. The number of para-hydroxylation sites is 1. The van der Waals surface area contributed by atoms with Crippen LogP contribution in [-0.2, 0) is 4.79 Å². The molecule has 0 atom stereocenters. The molecule has 0 radical (unpaired) electrons. The molecule has 5 rings (SSSR count). The predicted octanol–water partition coefficient (Wildman–Crippen LogP) is 5.95. The van der Waals surface area contributed by atoms with Gasteiger partial charge in [-0.05, 0) is 63.3 Å². The standard InChI is InChI=1S/C14H20N2O.C12H9ClN4.C6H11NO/c1-15-12-9-7-11(8-10-12)14(17)16-13-5-3-2-4-6-13;13-9-6-16-12(14)17-11(9)8-5-15-10-4-2-1-3-7(8)10;1-7(2)5-3-4-6-8/h7-10,13,15H,2-6H2,1H3,(H,16,17);1-6,15H,(H2,14,16,17);3-4,6H,5H2,1-2H3/b;;4-3+. The number of aromatic amines is 1. The minimum Gasteiger partial charge on any atom is -0.388 e. The van der Waals surface area contributed by atoms with Crippen LogP contribution in [0.2, 0.25) is 5.02 Å². The van der Waals surface area contributed by atoms with Crippen LogP contribution in [0.3, 0.4) is 0 Å². The number of halogens is 1. The molecular weight excluding hydrogens is 550 g/mol. The van der Waals surface area contributed by atoms with E-state index in [2.05, 4.69) is 25.6 Å². The molecule has 1 fully saturated rings. The Morgan fingerprint density at radius 2 is 1.83 bits per heavy atom. The third kappa shape index (κ3) is 10.0. The highest BCUT2D eigenvalue weighted by Crippen LogP contribution is 2.31. The van der Waals surface area contributed by atoms with E-state index >= 15 is 0 Å². The lowest BCUT2D eigenvalue weighted by Crippen LogP contribution is -2.36. The van der Waals surface area contributed by atoms with Gasteiger partial charge in [0.05, 0.1) is 16.9 Å². The fraction of sp³-hybridized carbons (Fsp3) is 0.312. The number of nitrogens with zero attached hydrogens (tertiary/aromatic N) is 3. The number of hydrogen-bond acceptors (Lipinski definition) is 7. The zero-order chi connectivity index (χ0) is 30.3. The van der Waals surface area contributed by atoms with E-state index in [0.717, 1.165) is 53.4 Å². The summed E-state index contributed by atoms with van der Waals surface area (Å²) in [6.45, 7) is 0.832. The number of carbonyl (C=O) groups excluding carboxylic acids is 2. The number of fused-ring (bicyclic) bond motifs is 1. The molecule has 1 amide bonds. The second-order valence-corrected chi connectivity index (χ2v) is 10.5. The van der Waals surface area contributed by atoms with Gasteiger partial charge in [-0.1, -0.05) is 55.1 Å². The van der Waals surface area contributed by atoms with E-state index in [-0.39, 0.29) is 11.9 Å². The van der Waals surface area contributed by atoms with Gasteiger partial charge in [-0.2, -0.15) is 0 Å². The number of H-pyrrole nitrogens is 1. The van der Waals surface area contributed by atoms with E-state index < -0.39 is 0 Å². The molecule has 222 valence electrons. The first kappa shape index (κ1) is 32.3. The minimum atomic E-state index is 0.0551. The normalized spacial score (nSPS) is 13.2. The molecule has 0 saturated heterocycles. The Labute approximate surface area is 252 Å². The molecule has 0 bridgehead atoms. The summed E-state index contributed by atoms with van der Waals surface area (Å²) in [6, 6.07) is 15.9. The molecule has 5 N–H and O–H groups in total. The van der Waals surface area contributed by atoms with Crippen LogP contribution in [0.25, 0.3) is 22.2 Å². The van der Waals surface area contributed by atoms with Crippen molar-refractivity contribution in [1.29, 1.82) is 0 Å². The third-order valence-corrected chi connectivity index (χ3v) is 6.95. The van der Waals surface area contributed by atoms with Gasteiger partial charge in [-0.15, -0.1) is 0 Å². The van der Waals surface area contributed by atoms with Crippen molar-refractivity contribution in [3.8, 4) is 11.3 Å². The Kier molecular flexibility index (Phi) is 13.0. The van der Waals surface area contributed by atoms with Crippen molar-refractivity contribution in [3.05, 3.63) is 83.7 Å². The number of rotatable bonds is 7. The molecular formula is C32H40ClN7O2. The maximum absolute atomic E-state index is 12.0. The Morgan fingerprint density at radius 3 is 2.50 bits per heavy atom. The Bertz CT molecular complexity index is 1450. The zero-order valence-corrected chi connectivity index (χ0v) is 25.2. The van der Waals surface area contributed by atoms with E-state index in [9.17, 15) is 9.59 Å². The summed E-state index contributed by atoms with van der Waals surface area (Å²) in [5.41, 5.74) is 9.98. The number of benzene rings is 2. The van der Waals surface area contributed by atoms with E-state index in [0.29, 0.717) is 16.8 Å². The lowest BCUT2D eigenvalue weighted by Gasteiger charge is -2.22. The number of carbonyl (C=O) groups is 2. The number of nitrogens with one attached hydrogen (secondary N) is 3. The van der Waals surface area contributed by atoms with Gasteiger partial charge < -0.3 is 26.3 Å². The number of likely N-dealkylation sites (N-methyl/N-ethyl adjacent to an activating group) is 1. The third-order valence-electron chi connectivity index (χ3n) is 6.67. The molecule has 9 nitrogen and oxygen atoms in total. The first-order chi connectivity index (χ1) is 20.3. The molecule has 1 aliphatic rings. The molecule has 2 aromatic heterocycles. The number of amides is 1. The number of allylic oxidation sites excluding steroid dienone is 1. The Balaban J connectivity index is 0.000000185. The highest BCUT2D eigenvalue weighted by molar-refractivity contribution is 6.33. The topological polar surface area (TPSA) is 129 Å². The molecule has 0 spiro atoms. The van der Waals surface area contributed by atoms with Gasteiger partial charge in [0.1, 0.15) is 6.29 Å². The van der Waals surface area contributed by atoms with Crippen molar-refractivity contribution < 1.29 is 9.59 Å². The van der Waals surface area contributed by atoms with Crippen LogP contribution in [0.5, 0.6) is 0 Å². The summed E-state index contributed by atoms with van der Waals surface area (Å²) >= 11 is 6.09. The fourth-order valence-corrected chi connectivity index (χ4v) is 4.66. The van der Waals surface area contributed by atoms with Crippen molar-refractivity contribution in [2.24, 2.45) is 0 Å². The van der Waals surface area contributed by atoms with Crippen molar-refractivity contribution in [1.82, 2.24) is 25.2 Å². The fourth-order valence-electron chi connectivity index (χ4n) is 4.47. The highest BCUT2D eigenvalue weighted by Gasteiger charge is 2.16. The van der Waals surface area contributed by atoms with Gasteiger partial charge >= 0.3 is 0 Å². The van der Waals surface area contributed by atoms with Gasteiger partial charge in [-0.3, -0.25) is 9.59 Å². The van der Waals surface area contributed by atoms with Crippen LogP contribution >= 0.6 is 11.6 Å². The number of anilines is 2.